The second-order valence-electron chi connectivity index (χ2n) is 6.00. The molecule has 1 amide bonds. The molecule has 1 fully saturated rings. The summed E-state index contributed by atoms with van der Waals surface area (Å²) in [4.78, 5) is 27.6. The molecule has 1 atom stereocenters. The molecular weight excluding hydrogens is 338 g/mol. The van der Waals surface area contributed by atoms with Crippen molar-refractivity contribution in [1.29, 1.82) is 0 Å². The molecule has 1 saturated heterocycles. The van der Waals surface area contributed by atoms with Gasteiger partial charge in [0.05, 0.1) is 10.9 Å². The fourth-order valence-electron chi connectivity index (χ4n) is 3.13. The zero-order valence-electron chi connectivity index (χ0n) is 13.5. The molecule has 1 N–H and O–H groups in total. The molecular formula is C17H17N5O2S. The van der Waals surface area contributed by atoms with E-state index in [1.165, 1.54) is 4.68 Å². The lowest BCUT2D eigenvalue weighted by molar-refractivity contribution is 0.0664. The molecule has 3 aromatic rings. The van der Waals surface area contributed by atoms with E-state index in [2.05, 4.69) is 15.3 Å². The van der Waals surface area contributed by atoms with Crippen molar-refractivity contribution in [3.8, 4) is 10.6 Å². The van der Waals surface area contributed by atoms with Crippen LogP contribution in [-0.2, 0) is 0 Å². The first-order valence-corrected chi connectivity index (χ1v) is 9.03. The van der Waals surface area contributed by atoms with Gasteiger partial charge in [0.25, 0.3) is 11.5 Å². The molecule has 3 aromatic heterocycles. The monoisotopic (exact) mass is 355 g/mol. The number of carbonyl (C=O) groups is 1. The summed E-state index contributed by atoms with van der Waals surface area (Å²) < 4.78 is 1.53. The highest BCUT2D eigenvalue weighted by Gasteiger charge is 2.27. The van der Waals surface area contributed by atoms with Crippen LogP contribution in [0.15, 0.2) is 46.7 Å². The zero-order chi connectivity index (χ0) is 17.2. The van der Waals surface area contributed by atoms with Gasteiger partial charge in [0.1, 0.15) is 11.4 Å². The van der Waals surface area contributed by atoms with Crippen LogP contribution in [-0.4, -0.2) is 43.9 Å². The average Bonchev–Trinajstić information content (AvgIpc) is 3.35. The minimum atomic E-state index is -0.138. The van der Waals surface area contributed by atoms with Crippen LogP contribution >= 0.6 is 11.3 Å². The minimum absolute atomic E-state index is 0.0929. The van der Waals surface area contributed by atoms with E-state index >= 15 is 0 Å². The third-order valence-electron chi connectivity index (χ3n) is 4.36. The highest BCUT2D eigenvalue weighted by molar-refractivity contribution is 7.13. The molecule has 0 aliphatic carbocycles. The number of aromatic nitrogens is 4. The van der Waals surface area contributed by atoms with Crippen LogP contribution in [0.3, 0.4) is 0 Å². The summed E-state index contributed by atoms with van der Waals surface area (Å²) >= 11 is 1.59. The molecule has 128 valence electrons. The van der Waals surface area contributed by atoms with E-state index < -0.39 is 0 Å². The van der Waals surface area contributed by atoms with Crippen LogP contribution in [0.25, 0.3) is 10.6 Å². The van der Waals surface area contributed by atoms with Crippen LogP contribution in [0.4, 0.5) is 0 Å². The number of hydrogen-bond donors (Lipinski definition) is 1. The molecule has 0 bridgehead atoms. The van der Waals surface area contributed by atoms with Gasteiger partial charge in [0.15, 0.2) is 0 Å². The second kappa shape index (κ2) is 6.64. The number of rotatable bonds is 3. The minimum Gasteiger partial charge on any atom is -0.335 e. The van der Waals surface area contributed by atoms with E-state index in [0.29, 0.717) is 18.8 Å². The summed E-state index contributed by atoms with van der Waals surface area (Å²) in [7, 11) is 0. The van der Waals surface area contributed by atoms with E-state index in [1.54, 1.807) is 40.6 Å². The summed E-state index contributed by atoms with van der Waals surface area (Å²) in [6.45, 7) is 1.15. The molecule has 4 heterocycles. The number of amides is 1. The Hall–Kier alpha value is -2.74. The number of nitrogens with zero attached hydrogens (tertiary/aromatic N) is 4. The molecule has 8 heteroatoms. The Morgan fingerprint density at radius 1 is 1.28 bits per heavy atom. The van der Waals surface area contributed by atoms with Crippen molar-refractivity contribution in [2.45, 2.75) is 18.9 Å². The lowest BCUT2D eigenvalue weighted by Crippen LogP contribution is -2.43. The summed E-state index contributed by atoms with van der Waals surface area (Å²) in [6.07, 6.45) is 3.22. The van der Waals surface area contributed by atoms with E-state index in [4.69, 9.17) is 0 Å². The molecule has 0 radical (unpaired) electrons. The number of piperidine rings is 1. The second-order valence-corrected chi connectivity index (χ2v) is 6.94. The van der Waals surface area contributed by atoms with Gasteiger partial charge in [0.2, 0.25) is 0 Å². The Labute approximate surface area is 147 Å². The fourth-order valence-corrected chi connectivity index (χ4v) is 3.82. The first-order valence-electron chi connectivity index (χ1n) is 8.15. The Balaban J connectivity index is 1.60. The number of hydrogen-bond acceptors (Lipinski definition) is 5. The van der Waals surface area contributed by atoms with Crippen LogP contribution in [0.2, 0.25) is 0 Å². The van der Waals surface area contributed by atoms with Gasteiger partial charge in [0, 0.05) is 25.4 Å². The van der Waals surface area contributed by atoms with Crippen molar-refractivity contribution in [3.63, 3.8) is 0 Å². The number of thiophene rings is 1. The Morgan fingerprint density at radius 3 is 2.96 bits per heavy atom. The molecule has 7 nitrogen and oxygen atoms in total. The van der Waals surface area contributed by atoms with Crippen LogP contribution < -0.4 is 5.56 Å². The SMILES string of the molecule is O=C(c1ccn[nH]1)N1CCCC(n2nc(-c3cccs3)ccc2=O)C1. The molecule has 1 aliphatic rings. The Bertz CT molecular complexity index is 917. The molecule has 25 heavy (non-hydrogen) atoms. The Kier molecular flexibility index (Phi) is 4.19. The molecule has 0 aromatic carbocycles. The maximum Gasteiger partial charge on any atom is 0.271 e. The predicted octanol–water partition coefficient (Wildman–Crippen LogP) is 2.17. The van der Waals surface area contributed by atoms with Gasteiger partial charge >= 0.3 is 0 Å². The maximum absolute atomic E-state index is 12.5. The number of carbonyl (C=O) groups excluding carboxylic acids is 1. The highest BCUT2D eigenvalue weighted by Crippen LogP contribution is 2.24. The first-order chi connectivity index (χ1) is 12.2. The summed E-state index contributed by atoms with van der Waals surface area (Å²) in [5.41, 5.74) is 1.11. The number of aromatic amines is 1. The van der Waals surface area contributed by atoms with E-state index in [-0.39, 0.29) is 17.5 Å². The van der Waals surface area contributed by atoms with Crippen molar-refractivity contribution in [2.24, 2.45) is 0 Å². The predicted molar refractivity (Wildman–Crippen MR) is 94.6 cm³/mol. The molecule has 0 saturated carbocycles. The quantitative estimate of drug-likeness (QED) is 0.780. The third-order valence-corrected chi connectivity index (χ3v) is 5.25. The van der Waals surface area contributed by atoms with E-state index in [0.717, 1.165) is 23.4 Å². The van der Waals surface area contributed by atoms with Gasteiger partial charge in [-0.2, -0.15) is 10.2 Å². The molecule has 0 spiro atoms. The molecule has 4 rings (SSSR count). The number of likely N-dealkylation sites (tertiary alicyclic amines) is 1. The smallest absolute Gasteiger partial charge is 0.271 e. The van der Waals surface area contributed by atoms with E-state index in [9.17, 15) is 9.59 Å². The van der Waals surface area contributed by atoms with Gasteiger partial charge in [-0.3, -0.25) is 14.7 Å². The van der Waals surface area contributed by atoms with Gasteiger partial charge in [-0.25, -0.2) is 4.68 Å². The summed E-state index contributed by atoms with van der Waals surface area (Å²) in [5, 5.41) is 13.1. The standard InChI is InChI=1S/C17H17N5O2S/c23-16-6-5-13(15-4-2-10-25-15)20-22(16)12-3-1-9-21(11-12)17(24)14-7-8-18-19-14/h2,4-8,10,12H,1,3,9,11H2,(H,18,19). The van der Waals surface area contributed by atoms with Gasteiger partial charge in [-0.15, -0.1) is 11.3 Å². The number of H-pyrrole nitrogens is 1. The van der Waals surface area contributed by atoms with Crippen molar-refractivity contribution < 1.29 is 4.79 Å². The largest absolute Gasteiger partial charge is 0.335 e. The molecule has 1 aliphatic heterocycles. The van der Waals surface area contributed by atoms with Crippen molar-refractivity contribution >= 4 is 17.2 Å². The van der Waals surface area contributed by atoms with Crippen molar-refractivity contribution in [2.75, 3.05) is 13.1 Å². The fraction of sp³-hybridized carbons (Fsp3) is 0.294. The third kappa shape index (κ3) is 3.12. The lowest BCUT2D eigenvalue weighted by atomic mass is 10.1. The topological polar surface area (TPSA) is 83.9 Å². The number of nitrogens with one attached hydrogen (secondary N) is 1. The first kappa shape index (κ1) is 15.8. The van der Waals surface area contributed by atoms with Crippen molar-refractivity contribution in [3.05, 3.63) is 58.0 Å². The van der Waals surface area contributed by atoms with Gasteiger partial charge in [-0.05, 0) is 36.4 Å². The lowest BCUT2D eigenvalue weighted by Gasteiger charge is -2.32. The van der Waals surface area contributed by atoms with Crippen LogP contribution in [0.5, 0.6) is 0 Å². The summed E-state index contributed by atoms with van der Waals surface area (Å²) in [5.74, 6) is -0.0929. The van der Waals surface area contributed by atoms with Crippen molar-refractivity contribution in [1.82, 2.24) is 24.9 Å². The maximum atomic E-state index is 12.5. The van der Waals surface area contributed by atoms with Gasteiger partial charge < -0.3 is 4.90 Å². The summed E-state index contributed by atoms with van der Waals surface area (Å²) in [6, 6.07) is 8.79. The molecule has 1 unspecified atom stereocenters. The normalized spacial score (nSPS) is 17.6. The highest BCUT2D eigenvalue weighted by atomic mass is 32.1. The zero-order valence-corrected chi connectivity index (χ0v) is 14.3. The average molecular weight is 355 g/mol. The van der Waals surface area contributed by atoms with Crippen LogP contribution in [0.1, 0.15) is 29.4 Å². The van der Waals surface area contributed by atoms with Gasteiger partial charge in [-0.1, -0.05) is 6.07 Å². The van der Waals surface area contributed by atoms with E-state index in [1.807, 2.05) is 17.5 Å². The van der Waals surface area contributed by atoms with Crippen LogP contribution in [0, 0.1) is 0 Å². The Morgan fingerprint density at radius 2 is 2.20 bits per heavy atom.